The summed E-state index contributed by atoms with van der Waals surface area (Å²) in [7, 11) is 0. The van der Waals surface area contributed by atoms with Gasteiger partial charge in [-0.2, -0.15) is 0 Å². The van der Waals surface area contributed by atoms with Gasteiger partial charge in [-0.3, -0.25) is 14.4 Å². The second-order valence-electron chi connectivity index (χ2n) is 10.1. The number of ether oxygens (including phenoxy) is 1. The number of nitrogens with zero attached hydrogens (tertiary/aromatic N) is 2. The predicted molar refractivity (Wildman–Crippen MR) is 123 cm³/mol. The van der Waals surface area contributed by atoms with Crippen LogP contribution >= 0.6 is 0 Å². The van der Waals surface area contributed by atoms with Crippen molar-refractivity contribution in [3.8, 4) is 5.75 Å². The van der Waals surface area contributed by atoms with E-state index in [0.717, 1.165) is 12.1 Å². The molecule has 0 aliphatic carbocycles. The molecule has 7 nitrogen and oxygen atoms in total. The minimum atomic E-state index is -0.374. The van der Waals surface area contributed by atoms with E-state index in [1.54, 1.807) is 22.8 Å². The molecule has 2 bridgehead atoms. The van der Waals surface area contributed by atoms with Crippen LogP contribution in [0.25, 0.3) is 0 Å². The van der Waals surface area contributed by atoms with Crippen LogP contribution in [0.3, 0.4) is 0 Å². The summed E-state index contributed by atoms with van der Waals surface area (Å²) in [4.78, 5) is 40.1. The van der Waals surface area contributed by atoms with Gasteiger partial charge in [-0.05, 0) is 42.0 Å². The molecule has 1 aromatic heterocycles. The number of benzene rings is 1. The summed E-state index contributed by atoms with van der Waals surface area (Å²) in [5, 5.41) is 2.69. The summed E-state index contributed by atoms with van der Waals surface area (Å²) in [5.74, 6) is 0.801. The van der Waals surface area contributed by atoms with Gasteiger partial charge < -0.3 is 19.5 Å². The number of para-hydroxylation sites is 1. The van der Waals surface area contributed by atoms with Crippen LogP contribution in [0.4, 0.5) is 5.69 Å². The largest absolute Gasteiger partial charge is 0.484 e. The number of rotatable bonds is 5. The van der Waals surface area contributed by atoms with Gasteiger partial charge in [0, 0.05) is 37.7 Å². The number of piperidine rings is 1. The molecule has 1 N–H and O–H groups in total. The molecule has 2 aliphatic heterocycles. The highest BCUT2D eigenvalue weighted by Gasteiger charge is 2.37. The molecule has 1 saturated heterocycles. The van der Waals surface area contributed by atoms with Crippen LogP contribution in [0.15, 0.2) is 47.3 Å². The van der Waals surface area contributed by atoms with Crippen molar-refractivity contribution in [2.24, 2.45) is 11.3 Å². The minimum absolute atomic E-state index is 0.0458. The number of fused-ring (bicyclic) bond motifs is 4. The number of likely N-dealkylation sites (tertiary alicyclic amines) is 1. The van der Waals surface area contributed by atoms with Crippen molar-refractivity contribution in [2.75, 3.05) is 25.0 Å². The number of anilines is 1. The lowest BCUT2D eigenvalue weighted by Gasteiger charge is -2.43. The van der Waals surface area contributed by atoms with E-state index in [0.29, 0.717) is 31.8 Å². The maximum atomic E-state index is 13.1. The van der Waals surface area contributed by atoms with E-state index in [2.05, 4.69) is 26.1 Å². The molecule has 0 spiro atoms. The van der Waals surface area contributed by atoms with Gasteiger partial charge in [-0.1, -0.05) is 39.0 Å². The minimum Gasteiger partial charge on any atom is -0.484 e. The fourth-order valence-electron chi connectivity index (χ4n) is 4.66. The fraction of sp³-hybridized carbons (Fsp3) is 0.480. The Morgan fingerprint density at radius 3 is 2.53 bits per heavy atom. The zero-order chi connectivity index (χ0) is 22.9. The molecule has 3 heterocycles. The molecule has 0 radical (unpaired) electrons. The average Bonchev–Trinajstić information content (AvgIpc) is 2.74. The number of carbonyl (C=O) groups excluding carboxylic acids is 2. The first-order valence-electron chi connectivity index (χ1n) is 11.2. The molecule has 2 aliphatic rings. The van der Waals surface area contributed by atoms with Gasteiger partial charge in [-0.15, -0.1) is 0 Å². The van der Waals surface area contributed by atoms with Gasteiger partial charge in [0.1, 0.15) is 11.4 Å². The molecular formula is C25H31N3O4. The van der Waals surface area contributed by atoms with Gasteiger partial charge in [0.2, 0.25) is 5.91 Å². The van der Waals surface area contributed by atoms with Gasteiger partial charge in [0.05, 0.1) is 0 Å². The standard InChI is InChI=1S/C25H31N3O4/c1-25(2,3)12-23(30)27-13-17-11-18(15-27)21-10-9-20(24(31)28(21)14-17)26-22(29)16-32-19-7-5-4-6-8-19/h4-10,17-18H,11-16H2,1-3H3,(H,26,29)/t17-,18+/m0/s1. The molecule has 0 saturated carbocycles. The van der Waals surface area contributed by atoms with Crippen molar-refractivity contribution in [2.45, 2.75) is 46.1 Å². The first kappa shape index (κ1) is 22.1. The van der Waals surface area contributed by atoms with Crippen molar-refractivity contribution in [1.82, 2.24) is 9.47 Å². The Morgan fingerprint density at radius 2 is 1.81 bits per heavy atom. The number of hydrogen-bond acceptors (Lipinski definition) is 4. The summed E-state index contributed by atoms with van der Waals surface area (Å²) < 4.78 is 7.24. The molecule has 170 valence electrons. The van der Waals surface area contributed by atoms with Crippen molar-refractivity contribution in [3.05, 3.63) is 58.5 Å². The second-order valence-corrected chi connectivity index (χ2v) is 10.1. The zero-order valence-corrected chi connectivity index (χ0v) is 19.0. The van der Waals surface area contributed by atoms with Gasteiger partial charge >= 0.3 is 0 Å². The maximum absolute atomic E-state index is 13.1. The highest BCUT2D eigenvalue weighted by molar-refractivity contribution is 5.91. The SMILES string of the molecule is CC(C)(C)CC(=O)N1C[C@@H]2C[C@H](C1)c1ccc(NC(=O)COc3ccccc3)c(=O)n1C2. The summed E-state index contributed by atoms with van der Waals surface area (Å²) in [6, 6.07) is 12.7. The number of pyridine rings is 1. The zero-order valence-electron chi connectivity index (χ0n) is 19.0. The van der Waals surface area contributed by atoms with Crippen LogP contribution in [0.5, 0.6) is 5.75 Å². The molecule has 32 heavy (non-hydrogen) atoms. The number of hydrogen-bond donors (Lipinski definition) is 1. The van der Waals surface area contributed by atoms with Crippen LogP contribution in [-0.4, -0.2) is 41.0 Å². The Balaban J connectivity index is 1.44. The number of amides is 2. The normalized spacial score (nSPS) is 19.8. The molecule has 7 heteroatoms. The van der Waals surface area contributed by atoms with E-state index in [-0.39, 0.29) is 46.9 Å². The summed E-state index contributed by atoms with van der Waals surface area (Å²) in [6.07, 6.45) is 1.50. The number of nitrogens with one attached hydrogen (secondary N) is 1. The lowest BCUT2D eigenvalue weighted by Crippen LogP contribution is -2.49. The Morgan fingerprint density at radius 1 is 1.06 bits per heavy atom. The molecule has 0 unspecified atom stereocenters. The monoisotopic (exact) mass is 437 g/mol. The van der Waals surface area contributed by atoms with E-state index in [9.17, 15) is 14.4 Å². The summed E-state index contributed by atoms with van der Waals surface area (Å²) in [6.45, 7) is 7.94. The topological polar surface area (TPSA) is 80.6 Å². The van der Waals surface area contributed by atoms with E-state index >= 15 is 0 Å². The van der Waals surface area contributed by atoms with E-state index in [1.807, 2.05) is 29.2 Å². The maximum Gasteiger partial charge on any atom is 0.274 e. The Labute approximate surface area is 188 Å². The van der Waals surface area contributed by atoms with Crippen molar-refractivity contribution < 1.29 is 14.3 Å². The van der Waals surface area contributed by atoms with Crippen LogP contribution in [0.1, 0.15) is 45.2 Å². The van der Waals surface area contributed by atoms with Gasteiger partial charge in [0.15, 0.2) is 6.61 Å². The van der Waals surface area contributed by atoms with Gasteiger partial charge in [-0.25, -0.2) is 0 Å². The first-order chi connectivity index (χ1) is 15.2. The number of carbonyl (C=O) groups is 2. The third kappa shape index (κ3) is 5.03. The first-order valence-corrected chi connectivity index (χ1v) is 11.2. The van der Waals surface area contributed by atoms with Crippen molar-refractivity contribution in [1.29, 1.82) is 0 Å². The lowest BCUT2D eigenvalue weighted by molar-refractivity contribution is -0.135. The Kier molecular flexibility index (Phi) is 6.09. The molecule has 2 atom stereocenters. The van der Waals surface area contributed by atoms with Crippen LogP contribution in [-0.2, 0) is 16.1 Å². The summed E-state index contributed by atoms with van der Waals surface area (Å²) >= 11 is 0. The summed E-state index contributed by atoms with van der Waals surface area (Å²) in [5.41, 5.74) is 0.962. The second kappa shape index (κ2) is 8.81. The van der Waals surface area contributed by atoms with Crippen molar-refractivity contribution >= 4 is 17.5 Å². The number of aromatic nitrogens is 1. The van der Waals surface area contributed by atoms with E-state index in [1.165, 1.54) is 0 Å². The Hall–Kier alpha value is -3.09. The van der Waals surface area contributed by atoms with Crippen LogP contribution in [0, 0.1) is 11.3 Å². The van der Waals surface area contributed by atoms with E-state index in [4.69, 9.17) is 4.74 Å². The molecule has 2 amide bonds. The van der Waals surface area contributed by atoms with E-state index < -0.39 is 0 Å². The fourth-order valence-corrected chi connectivity index (χ4v) is 4.66. The van der Waals surface area contributed by atoms with Crippen LogP contribution in [0.2, 0.25) is 0 Å². The highest BCUT2D eigenvalue weighted by Crippen LogP contribution is 2.36. The average molecular weight is 438 g/mol. The van der Waals surface area contributed by atoms with Crippen molar-refractivity contribution in [3.63, 3.8) is 0 Å². The van der Waals surface area contributed by atoms with Crippen LogP contribution < -0.4 is 15.6 Å². The quantitative estimate of drug-likeness (QED) is 0.779. The lowest BCUT2D eigenvalue weighted by atomic mass is 9.82. The predicted octanol–water partition coefficient (Wildman–Crippen LogP) is 3.25. The molecular weight excluding hydrogens is 406 g/mol. The molecule has 4 rings (SSSR count). The molecule has 2 aromatic rings. The van der Waals surface area contributed by atoms with Gasteiger partial charge in [0.25, 0.3) is 11.5 Å². The smallest absolute Gasteiger partial charge is 0.274 e. The molecule has 1 aromatic carbocycles. The molecule has 1 fully saturated rings. The third-order valence-electron chi connectivity index (χ3n) is 6.03. The Bertz CT molecular complexity index is 1060. The highest BCUT2D eigenvalue weighted by atomic mass is 16.5. The third-order valence-corrected chi connectivity index (χ3v) is 6.03.